The highest BCUT2D eigenvalue weighted by atomic mass is 16.2. The van der Waals surface area contributed by atoms with E-state index in [1.54, 1.807) is 0 Å². The molecular weight excluding hydrogens is 212 g/mol. The van der Waals surface area contributed by atoms with E-state index < -0.39 is 11.8 Å². The van der Waals surface area contributed by atoms with E-state index in [0.717, 1.165) is 0 Å². The lowest BCUT2D eigenvalue weighted by Crippen LogP contribution is -2.42. The van der Waals surface area contributed by atoms with Crippen molar-refractivity contribution >= 4 is 11.8 Å². The van der Waals surface area contributed by atoms with Gasteiger partial charge in [0.2, 0.25) is 0 Å². The maximum atomic E-state index is 11.2. The predicted molar refractivity (Wildman–Crippen MR) is 55.2 cm³/mol. The molecule has 16 heavy (non-hydrogen) atoms. The molecule has 0 fully saturated rings. The molecule has 1 heterocycles. The molecule has 0 atom stereocenters. The zero-order valence-electron chi connectivity index (χ0n) is 8.69. The van der Waals surface area contributed by atoms with Gasteiger partial charge in [-0.3, -0.25) is 14.7 Å². The van der Waals surface area contributed by atoms with Gasteiger partial charge in [0.1, 0.15) is 12.2 Å². The molecule has 5 N–H and O–H groups in total. The molecule has 0 radical (unpaired) electrons. The minimum Gasteiger partial charge on any atom is -0.347 e. The first-order valence-electron chi connectivity index (χ1n) is 4.84. The number of carbonyl (C=O) groups is 2. The standard InChI is InChI=1S/C8H14N6O2/c9-2-4-11-8(16)7(15)10-3-1-6-12-5-13-14-6/h5H,1-4,9H2,(H,10,15)(H,11,16)(H,12,13,14). The van der Waals surface area contributed by atoms with Crippen molar-refractivity contribution in [1.29, 1.82) is 0 Å². The largest absolute Gasteiger partial charge is 0.347 e. The molecule has 0 saturated heterocycles. The van der Waals surface area contributed by atoms with Crippen molar-refractivity contribution in [1.82, 2.24) is 25.8 Å². The summed E-state index contributed by atoms with van der Waals surface area (Å²) in [5.74, 6) is -0.696. The van der Waals surface area contributed by atoms with Crippen molar-refractivity contribution in [2.75, 3.05) is 19.6 Å². The van der Waals surface area contributed by atoms with Gasteiger partial charge in [-0.25, -0.2) is 4.98 Å². The number of hydrogen-bond donors (Lipinski definition) is 4. The second-order valence-electron chi connectivity index (χ2n) is 2.98. The van der Waals surface area contributed by atoms with Gasteiger partial charge in [-0.05, 0) is 0 Å². The zero-order chi connectivity index (χ0) is 11.8. The SMILES string of the molecule is NCCNC(=O)C(=O)NCCc1ncn[nH]1. The van der Waals surface area contributed by atoms with Crippen LogP contribution in [0.25, 0.3) is 0 Å². The van der Waals surface area contributed by atoms with Crippen molar-refractivity contribution in [2.45, 2.75) is 6.42 Å². The van der Waals surface area contributed by atoms with Gasteiger partial charge in [-0.2, -0.15) is 5.10 Å². The number of H-pyrrole nitrogens is 1. The van der Waals surface area contributed by atoms with Crippen molar-refractivity contribution in [3.63, 3.8) is 0 Å². The van der Waals surface area contributed by atoms with Crippen LogP contribution in [0.4, 0.5) is 0 Å². The minimum atomic E-state index is -0.678. The van der Waals surface area contributed by atoms with Crippen molar-refractivity contribution < 1.29 is 9.59 Å². The number of nitrogens with zero attached hydrogens (tertiary/aromatic N) is 2. The molecule has 0 aliphatic heterocycles. The van der Waals surface area contributed by atoms with Crippen LogP contribution < -0.4 is 16.4 Å². The number of nitrogens with one attached hydrogen (secondary N) is 3. The lowest BCUT2D eigenvalue weighted by molar-refractivity contribution is -0.139. The first-order valence-corrected chi connectivity index (χ1v) is 4.84. The Morgan fingerprint density at radius 1 is 1.31 bits per heavy atom. The Balaban J connectivity index is 2.17. The summed E-state index contributed by atoms with van der Waals surface area (Å²) in [5.41, 5.74) is 5.18. The summed E-state index contributed by atoms with van der Waals surface area (Å²) in [6.45, 7) is 0.912. The summed E-state index contributed by atoms with van der Waals surface area (Å²) in [5, 5.41) is 11.1. The molecule has 0 saturated carbocycles. The quantitative estimate of drug-likeness (QED) is 0.414. The molecule has 0 aliphatic carbocycles. The van der Waals surface area contributed by atoms with E-state index in [9.17, 15) is 9.59 Å². The minimum absolute atomic E-state index is 0.286. The van der Waals surface area contributed by atoms with Crippen LogP contribution in [0.5, 0.6) is 0 Å². The van der Waals surface area contributed by atoms with Gasteiger partial charge in [-0.1, -0.05) is 0 Å². The Bertz CT molecular complexity index is 336. The van der Waals surface area contributed by atoms with Crippen LogP contribution in [0.15, 0.2) is 6.33 Å². The van der Waals surface area contributed by atoms with E-state index in [1.807, 2.05) is 0 Å². The first kappa shape index (κ1) is 12.1. The number of rotatable bonds is 5. The van der Waals surface area contributed by atoms with Gasteiger partial charge < -0.3 is 16.4 Å². The summed E-state index contributed by atoms with van der Waals surface area (Å²) >= 11 is 0. The van der Waals surface area contributed by atoms with Crippen LogP contribution >= 0.6 is 0 Å². The summed E-state index contributed by atoms with van der Waals surface area (Å²) in [7, 11) is 0. The topological polar surface area (TPSA) is 126 Å². The van der Waals surface area contributed by atoms with Crippen LogP contribution in [0.3, 0.4) is 0 Å². The number of amides is 2. The second kappa shape index (κ2) is 6.51. The number of hydrogen-bond acceptors (Lipinski definition) is 5. The summed E-state index contributed by atoms with van der Waals surface area (Å²) in [6.07, 6.45) is 1.88. The molecule has 1 rings (SSSR count). The molecule has 0 aromatic carbocycles. The van der Waals surface area contributed by atoms with Crippen LogP contribution in [0, 0.1) is 0 Å². The summed E-state index contributed by atoms with van der Waals surface area (Å²) in [6, 6.07) is 0. The summed E-state index contributed by atoms with van der Waals surface area (Å²) in [4.78, 5) is 26.1. The molecule has 0 bridgehead atoms. The predicted octanol–water partition coefficient (Wildman–Crippen LogP) is -2.46. The molecule has 88 valence electrons. The van der Waals surface area contributed by atoms with E-state index >= 15 is 0 Å². The van der Waals surface area contributed by atoms with Crippen LogP contribution in [0.2, 0.25) is 0 Å². The second-order valence-corrected chi connectivity index (χ2v) is 2.98. The van der Waals surface area contributed by atoms with Crippen molar-refractivity contribution in [3.8, 4) is 0 Å². The Kier molecular flexibility index (Phi) is 4.93. The Morgan fingerprint density at radius 2 is 2.00 bits per heavy atom. The third-order valence-corrected chi connectivity index (χ3v) is 1.75. The van der Waals surface area contributed by atoms with Gasteiger partial charge >= 0.3 is 11.8 Å². The molecule has 0 aliphatic rings. The summed E-state index contributed by atoms with van der Waals surface area (Å²) < 4.78 is 0. The number of nitrogens with two attached hydrogens (primary N) is 1. The normalized spacial score (nSPS) is 9.81. The Labute approximate surface area is 92.0 Å². The third-order valence-electron chi connectivity index (χ3n) is 1.75. The number of aromatic amines is 1. The molecule has 2 amide bonds. The van der Waals surface area contributed by atoms with E-state index in [0.29, 0.717) is 25.3 Å². The van der Waals surface area contributed by atoms with E-state index in [1.165, 1.54) is 6.33 Å². The zero-order valence-corrected chi connectivity index (χ0v) is 8.69. The Morgan fingerprint density at radius 3 is 2.56 bits per heavy atom. The molecular formula is C8H14N6O2. The molecule has 0 unspecified atom stereocenters. The monoisotopic (exact) mass is 226 g/mol. The number of carbonyl (C=O) groups excluding carboxylic acids is 2. The first-order chi connectivity index (χ1) is 7.74. The fraction of sp³-hybridized carbons (Fsp3) is 0.500. The fourth-order valence-corrected chi connectivity index (χ4v) is 0.992. The lowest BCUT2D eigenvalue weighted by Gasteiger charge is -2.04. The van der Waals surface area contributed by atoms with Crippen molar-refractivity contribution in [3.05, 3.63) is 12.2 Å². The average Bonchev–Trinajstić information content (AvgIpc) is 2.78. The lowest BCUT2D eigenvalue weighted by atomic mass is 10.4. The number of aromatic nitrogens is 3. The highest BCUT2D eigenvalue weighted by molar-refractivity contribution is 6.35. The van der Waals surface area contributed by atoms with Crippen LogP contribution in [-0.2, 0) is 16.0 Å². The molecule has 1 aromatic rings. The van der Waals surface area contributed by atoms with E-state index in [4.69, 9.17) is 5.73 Å². The van der Waals surface area contributed by atoms with Crippen LogP contribution in [0.1, 0.15) is 5.82 Å². The highest BCUT2D eigenvalue weighted by Gasteiger charge is 2.11. The van der Waals surface area contributed by atoms with Gasteiger partial charge in [0.25, 0.3) is 0 Å². The Hall–Kier alpha value is -1.96. The maximum absolute atomic E-state index is 11.2. The third kappa shape index (κ3) is 4.05. The highest BCUT2D eigenvalue weighted by Crippen LogP contribution is 1.84. The smallest absolute Gasteiger partial charge is 0.309 e. The van der Waals surface area contributed by atoms with E-state index in [-0.39, 0.29) is 6.54 Å². The fourth-order valence-electron chi connectivity index (χ4n) is 0.992. The van der Waals surface area contributed by atoms with Gasteiger partial charge in [-0.15, -0.1) is 0 Å². The molecule has 0 spiro atoms. The molecule has 1 aromatic heterocycles. The van der Waals surface area contributed by atoms with Crippen LogP contribution in [-0.4, -0.2) is 46.6 Å². The van der Waals surface area contributed by atoms with Gasteiger partial charge in [0.15, 0.2) is 0 Å². The van der Waals surface area contributed by atoms with E-state index in [2.05, 4.69) is 25.8 Å². The molecule has 8 heteroatoms. The van der Waals surface area contributed by atoms with Gasteiger partial charge in [0.05, 0.1) is 0 Å². The maximum Gasteiger partial charge on any atom is 0.309 e. The average molecular weight is 226 g/mol. The van der Waals surface area contributed by atoms with Gasteiger partial charge in [0, 0.05) is 26.1 Å². The molecule has 8 nitrogen and oxygen atoms in total. The van der Waals surface area contributed by atoms with Crippen molar-refractivity contribution in [2.24, 2.45) is 5.73 Å².